The second-order valence-electron chi connectivity index (χ2n) is 4.45. The van der Waals surface area contributed by atoms with Crippen LogP contribution in [0.3, 0.4) is 0 Å². The van der Waals surface area contributed by atoms with Gasteiger partial charge < -0.3 is 4.74 Å². The molecule has 0 aliphatic carbocycles. The van der Waals surface area contributed by atoms with Gasteiger partial charge in [-0.2, -0.15) is 0 Å². The van der Waals surface area contributed by atoms with Crippen LogP contribution >= 0.6 is 0 Å². The summed E-state index contributed by atoms with van der Waals surface area (Å²) in [4.78, 5) is 22.0. The van der Waals surface area contributed by atoms with Crippen LogP contribution in [0.2, 0.25) is 0 Å². The van der Waals surface area contributed by atoms with E-state index in [2.05, 4.69) is 0 Å². The Morgan fingerprint density at radius 3 is 2.44 bits per heavy atom. The SMILES string of the molecule is CC(=O)CC(=O)OC(N)CC(C)c1ccccc1. The Kier molecular flexibility index (Phi) is 5.52. The molecule has 1 aromatic rings. The smallest absolute Gasteiger partial charge is 0.314 e. The molecule has 0 aromatic heterocycles. The average Bonchev–Trinajstić information content (AvgIpc) is 2.28. The Balaban J connectivity index is 2.43. The second kappa shape index (κ2) is 6.91. The predicted octanol–water partition coefficient (Wildman–Crippen LogP) is 1.99. The Morgan fingerprint density at radius 2 is 1.89 bits per heavy atom. The maximum Gasteiger partial charge on any atom is 0.314 e. The number of esters is 1. The van der Waals surface area contributed by atoms with Crippen molar-refractivity contribution in [1.29, 1.82) is 0 Å². The summed E-state index contributed by atoms with van der Waals surface area (Å²) in [5.74, 6) is -0.579. The van der Waals surface area contributed by atoms with Crippen LogP contribution in [0.25, 0.3) is 0 Å². The topological polar surface area (TPSA) is 69.4 Å². The number of benzene rings is 1. The fourth-order valence-corrected chi connectivity index (χ4v) is 1.73. The predicted molar refractivity (Wildman–Crippen MR) is 68.8 cm³/mol. The van der Waals surface area contributed by atoms with Crippen molar-refractivity contribution in [1.82, 2.24) is 0 Å². The summed E-state index contributed by atoms with van der Waals surface area (Å²) in [5.41, 5.74) is 6.88. The maximum absolute atomic E-state index is 11.3. The molecule has 4 nitrogen and oxygen atoms in total. The second-order valence-corrected chi connectivity index (χ2v) is 4.45. The van der Waals surface area contributed by atoms with Crippen molar-refractivity contribution in [2.24, 2.45) is 5.73 Å². The van der Waals surface area contributed by atoms with Crippen molar-refractivity contribution in [2.45, 2.75) is 38.8 Å². The van der Waals surface area contributed by atoms with Crippen molar-refractivity contribution in [3.63, 3.8) is 0 Å². The Bertz CT molecular complexity index is 403. The van der Waals surface area contributed by atoms with Gasteiger partial charge in [-0.05, 0) is 18.4 Å². The summed E-state index contributed by atoms with van der Waals surface area (Å²) < 4.78 is 4.97. The molecule has 2 N–H and O–H groups in total. The standard InChI is InChI=1S/C14H19NO3/c1-10(12-6-4-3-5-7-12)8-13(15)18-14(17)9-11(2)16/h3-7,10,13H,8-9,15H2,1-2H3. The molecule has 18 heavy (non-hydrogen) atoms. The van der Waals surface area contributed by atoms with E-state index >= 15 is 0 Å². The molecule has 1 rings (SSSR count). The van der Waals surface area contributed by atoms with Crippen molar-refractivity contribution in [3.05, 3.63) is 35.9 Å². The molecule has 0 heterocycles. The third kappa shape index (κ3) is 5.10. The van der Waals surface area contributed by atoms with Crippen LogP contribution < -0.4 is 5.73 Å². The number of Topliss-reactive ketones (excluding diaryl/α,β-unsaturated/α-hetero) is 1. The molecule has 1 aromatic carbocycles. The number of carbonyl (C=O) groups is 2. The number of ketones is 1. The van der Waals surface area contributed by atoms with Gasteiger partial charge in [0.1, 0.15) is 12.2 Å². The molecule has 2 unspecified atom stereocenters. The largest absolute Gasteiger partial charge is 0.446 e. The summed E-state index contributed by atoms with van der Waals surface area (Å²) in [6.45, 7) is 3.37. The quantitative estimate of drug-likeness (QED) is 0.475. The van der Waals surface area contributed by atoms with E-state index in [0.29, 0.717) is 6.42 Å². The molecule has 0 amide bonds. The molecular formula is C14H19NO3. The maximum atomic E-state index is 11.3. The van der Waals surface area contributed by atoms with Crippen molar-refractivity contribution in [3.8, 4) is 0 Å². The lowest BCUT2D eigenvalue weighted by atomic mass is 9.97. The van der Waals surface area contributed by atoms with Crippen LogP contribution in [0.1, 0.15) is 38.2 Å². The molecule has 0 saturated heterocycles. The average molecular weight is 249 g/mol. The van der Waals surface area contributed by atoms with Gasteiger partial charge >= 0.3 is 5.97 Å². The molecule has 98 valence electrons. The highest BCUT2D eigenvalue weighted by molar-refractivity contribution is 5.94. The minimum atomic E-state index is -0.674. The number of hydrogen-bond acceptors (Lipinski definition) is 4. The fourth-order valence-electron chi connectivity index (χ4n) is 1.73. The van der Waals surface area contributed by atoms with Gasteiger partial charge in [-0.15, -0.1) is 0 Å². The van der Waals surface area contributed by atoms with E-state index in [1.807, 2.05) is 37.3 Å². The molecule has 0 radical (unpaired) electrons. The minimum absolute atomic E-state index is 0.200. The summed E-state index contributed by atoms with van der Waals surface area (Å²) in [6, 6.07) is 9.88. The molecule has 0 aliphatic rings. The first-order valence-corrected chi connectivity index (χ1v) is 5.98. The molecule has 0 bridgehead atoms. The summed E-state index contributed by atoms with van der Waals surface area (Å²) in [7, 11) is 0. The lowest BCUT2D eigenvalue weighted by Crippen LogP contribution is -2.29. The van der Waals surface area contributed by atoms with Crippen molar-refractivity contribution >= 4 is 11.8 Å². The molecule has 0 fully saturated rings. The van der Waals surface area contributed by atoms with E-state index in [1.54, 1.807) is 0 Å². The third-order valence-electron chi connectivity index (χ3n) is 2.63. The summed E-state index contributed by atoms with van der Waals surface area (Å²) in [6.07, 6.45) is -0.354. The molecule has 2 atom stereocenters. The van der Waals surface area contributed by atoms with Gasteiger partial charge in [-0.25, -0.2) is 0 Å². The van der Waals surface area contributed by atoms with Gasteiger partial charge in [0.2, 0.25) is 0 Å². The van der Waals surface area contributed by atoms with Gasteiger partial charge in [0.05, 0.1) is 0 Å². The normalized spacial score (nSPS) is 13.7. The van der Waals surface area contributed by atoms with Crippen LogP contribution in [-0.4, -0.2) is 18.0 Å². The van der Waals surface area contributed by atoms with Gasteiger partial charge in [0, 0.05) is 6.42 Å². The van der Waals surface area contributed by atoms with Gasteiger partial charge in [0.15, 0.2) is 6.23 Å². The lowest BCUT2D eigenvalue weighted by molar-refractivity contribution is -0.150. The van der Waals surface area contributed by atoms with E-state index in [-0.39, 0.29) is 18.1 Å². The zero-order valence-electron chi connectivity index (χ0n) is 10.8. The lowest BCUT2D eigenvalue weighted by Gasteiger charge is -2.17. The van der Waals surface area contributed by atoms with Crippen LogP contribution in [-0.2, 0) is 14.3 Å². The number of carbonyl (C=O) groups excluding carboxylic acids is 2. The van der Waals surface area contributed by atoms with E-state index in [1.165, 1.54) is 6.92 Å². The Hall–Kier alpha value is -1.68. The van der Waals surface area contributed by atoms with E-state index in [4.69, 9.17) is 10.5 Å². The number of hydrogen-bond donors (Lipinski definition) is 1. The molecule has 4 heteroatoms. The van der Waals surface area contributed by atoms with E-state index < -0.39 is 12.2 Å². The van der Waals surface area contributed by atoms with Crippen LogP contribution in [0, 0.1) is 0 Å². The van der Waals surface area contributed by atoms with Gasteiger partial charge in [-0.1, -0.05) is 37.3 Å². The number of rotatable bonds is 6. The van der Waals surface area contributed by atoms with Crippen molar-refractivity contribution < 1.29 is 14.3 Å². The Morgan fingerprint density at radius 1 is 1.28 bits per heavy atom. The zero-order chi connectivity index (χ0) is 13.5. The zero-order valence-corrected chi connectivity index (χ0v) is 10.8. The van der Waals surface area contributed by atoms with Crippen LogP contribution in [0.5, 0.6) is 0 Å². The van der Waals surface area contributed by atoms with Gasteiger partial charge in [-0.3, -0.25) is 15.3 Å². The highest BCUT2D eigenvalue weighted by Gasteiger charge is 2.15. The van der Waals surface area contributed by atoms with E-state index in [0.717, 1.165) is 5.56 Å². The van der Waals surface area contributed by atoms with Crippen LogP contribution in [0.15, 0.2) is 30.3 Å². The number of ether oxygens (including phenoxy) is 1. The molecular weight excluding hydrogens is 230 g/mol. The van der Waals surface area contributed by atoms with Crippen molar-refractivity contribution in [2.75, 3.05) is 0 Å². The number of nitrogens with two attached hydrogens (primary N) is 1. The van der Waals surface area contributed by atoms with Gasteiger partial charge in [0.25, 0.3) is 0 Å². The highest BCUT2D eigenvalue weighted by Crippen LogP contribution is 2.19. The summed E-state index contributed by atoms with van der Waals surface area (Å²) in [5, 5.41) is 0. The molecule has 0 aliphatic heterocycles. The highest BCUT2D eigenvalue weighted by atomic mass is 16.6. The van der Waals surface area contributed by atoms with E-state index in [9.17, 15) is 9.59 Å². The first-order chi connectivity index (χ1) is 8.49. The Labute approximate surface area is 107 Å². The first-order valence-electron chi connectivity index (χ1n) is 5.98. The molecule has 0 spiro atoms. The molecule has 0 saturated carbocycles. The minimum Gasteiger partial charge on any atom is -0.446 e. The monoisotopic (exact) mass is 249 g/mol. The summed E-state index contributed by atoms with van der Waals surface area (Å²) >= 11 is 0. The fraction of sp³-hybridized carbons (Fsp3) is 0.429. The first kappa shape index (κ1) is 14.4. The van der Waals surface area contributed by atoms with Crippen LogP contribution in [0.4, 0.5) is 0 Å². The third-order valence-corrected chi connectivity index (χ3v) is 2.63.